The van der Waals surface area contributed by atoms with Gasteiger partial charge in [-0.05, 0) is 18.2 Å². The van der Waals surface area contributed by atoms with Crippen LogP contribution in [-0.4, -0.2) is 17.0 Å². The predicted octanol–water partition coefficient (Wildman–Crippen LogP) is 3.71. The lowest BCUT2D eigenvalue weighted by molar-refractivity contribution is -0.139. The molecule has 5 nitrogen and oxygen atoms in total. The molecule has 6 heteroatoms. The fourth-order valence-electron chi connectivity index (χ4n) is 3.12. The molecule has 2 aromatic carbocycles. The zero-order valence-corrected chi connectivity index (χ0v) is 13.1. The van der Waals surface area contributed by atoms with Crippen LogP contribution in [0.1, 0.15) is 29.2 Å². The average Bonchev–Trinajstić information content (AvgIpc) is 3.04. The maximum absolute atomic E-state index is 12.5. The van der Waals surface area contributed by atoms with Crippen LogP contribution in [0.25, 0.3) is 11.3 Å². The minimum absolute atomic E-state index is 0.169. The van der Waals surface area contributed by atoms with E-state index in [1.807, 2.05) is 24.3 Å². The molecule has 1 unspecified atom stereocenters. The number of benzene rings is 2. The number of carboxylic acids is 1. The molecular weight excluding hydrogens is 330 g/mol. The molecule has 2 aliphatic rings. The lowest BCUT2D eigenvalue weighted by Gasteiger charge is -2.10. The molecular formula is C18H12ClNO4. The molecule has 2 N–H and O–H groups in total. The summed E-state index contributed by atoms with van der Waals surface area (Å²) in [6.45, 7) is 0. The van der Waals surface area contributed by atoms with Crippen LogP contribution in [0.5, 0.6) is 0 Å². The van der Waals surface area contributed by atoms with Gasteiger partial charge in [-0.25, -0.2) is 0 Å². The van der Waals surface area contributed by atoms with Crippen LogP contribution in [-0.2, 0) is 14.3 Å². The fraction of sp³-hybridized carbons (Fsp3) is 0.111. The van der Waals surface area contributed by atoms with E-state index in [9.17, 15) is 9.59 Å². The maximum Gasteiger partial charge on any atom is 0.307 e. The summed E-state index contributed by atoms with van der Waals surface area (Å²) < 4.78 is 5.89. The Morgan fingerprint density at radius 1 is 1.21 bits per heavy atom. The summed E-state index contributed by atoms with van der Waals surface area (Å²) in [4.78, 5) is 23.6. The molecule has 0 radical (unpaired) electrons. The van der Waals surface area contributed by atoms with E-state index in [4.69, 9.17) is 21.4 Å². The molecule has 1 atom stereocenters. The smallest absolute Gasteiger partial charge is 0.307 e. The van der Waals surface area contributed by atoms with Gasteiger partial charge < -0.3 is 15.2 Å². The number of aliphatic carboxylic acids is 1. The molecule has 0 aliphatic carbocycles. The molecule has 0 saturated heterocycles. The van der Waals surface area contributed by atoms with Crippen LogP contribution >= 0.6 is 11.6 Å². The van der Waals surface area contributed by atoms with Crippen molar-refractivity contribution in [3.63, 3.8) is 0 Å². The van der Waals surface area contributed by atoms with Crippen molar-refractivity contribution in [3.8, 4) is 0 Å². The van der Waals surface area contributed by atoms with Crippen molar-refractivity contribution in [2.75, 3.05) is 5.32 Å². The largest absolute Gasteiger partial charge is 0.484 e. The number of ether oxygens (including phenoxy) is 1. The number of carbonyl (C=O) groups excluding carboxylic acids is 1. The number of halogens is 1. The lowest BCUT2D eigenvalue weighted by Crippen LogP contribution is -2.07. The summed E-state index contributed by atoms with van der Waals surface area (Å²) in [6.07, 6.45) is -0.783. The Balaban J connectivity index is 1.91. The van der Waals surface area contributed by atoms with E-state index >= 15 is 0 Å². The number of carbonyl (C=O) groups is 2. The third kappa shape index (κ3) is 2.25. The number of fused-ring (bicyclic) bond motifs is 2. The van der Waals surface area contributed by atoms with Gasteiger partial charge in [0.25, 0.3) is 5.91 Å². The Bertz CT molecular complexity index is 919. The molecule has 0 fully saturated rings. The summed E-state index contributed by atoms with van der Waals surface area (Å²) in [5.41, 5.74) is 3.21. The van der Waals surface area contributed by atoms with E-state index in [1.165, 1.54) is 0 Å². The van der Waals surface area contributed by atoms with Gasteiger partial charge >= 0.3 is 5.97 Å². The third-order valence-corrected chi connectivity index (χ3v) is 4.36. The van der Waals surface area contributed by atoms with Crippen molar-refractivity contribution < 1.29 is 19.4 Å². The fourth-order valence-corrected chi connectivity index (χ4v) is 3.29. The maximum atomic E-state index is 12.5. The highest BCUT2D eigenvalue weighted by Crippen LogP contribution is 2.46. The minimum atomic E-state index is -0.958. The van der Waals surface area contributed by atoms with Crippen molar-refractivity contribution in [2.45, 2.75) is 12.5 Å². The summed E-state index contributed by atoms with van der Waals surface area (Å²) >= 11 is 6.06. The van der Waals surface area contributed by atoms with Gasteiger partial charge in [0, 0.05) is 27.4 Å². The molecule has 2 heterocycles. The van der Waals surface area contributed by atoms with Crippen LogP contribution in [0.15, 0.2) is 42.5 Å². The molecule has 0 aromatic heterocycles. The highest BCUT2D eigenvalue weighted by molar-refractivity contribution is 6.38. The van der Waals surface area contributed by atoms with Gasteiger partial charge in [0.2, 0.25) is 0 Å². The third-order valence-electron chi connectivity index (χ3n) is 4.13. The van der Waals surface area contributed by atoms with Crippen molar-refractivity contribution in [1.82, 2.24) is 0 Å². The molecule has 0 bridgehead atoms. The molecule has 0 saturated carbocycles. The molecule has 2 aliphatic heterocycles. The Morgan fingerprint density at radius 2 is 2.00 bits per heavy atom. The topological polar surface area (TPSA) is 75.6 Å². The summed E-state index contributed by atoms with van der Waals surface area (Å²) in [5, 5.41) is 12.4. The van der Waals surface area contributed by atoms with Crippen LogP contribution < -0.4 is 5.32 Å². The zero-order chi connectivity index (χ0) is 16.8. The number of rotatable bonds is 2. The highest BCUT2D eigenvalue weighted by Gasteiger charge is 2.36. The average molecular weight is 342 g/mol. The van der Waals surface area contributed by atoms with Crippen LogP contribution in [0.3, 0.4) is 0 Å². The van der Waals surface area contributed by atoms with Gasteiger partial charge in [-0.1, -0.05) is 35.9 Å². The van der Waals surface area contributed by atoms with Crippen molar-refractivity contribution in [2.24, 2.45) is 0 Å². The number of anilines is 1. The SMILES string of the molecule is O=C(O)CC1O/C(=C2\C(=O)Nc3ccc(Cl)cc32)c2ccccc21. The van der Waals surface area contributed by atoms with Gasteiger partial charge in [0.15, 0.2) is 0 Å². The molecule has 120 valence electrons. The van der Waals surface area contributed by atoms with Crippen LogP contribution in [0.4, 0.5) is 5.69 Å². The number of carboxylic acid groups (broad SMARTS) is 1. The molecule has 1 amide bonds. The summed E-state index contributed by atoms with van der Waals surface area (Å²) in [5.74, 6) is -0.844. The number of amides is 1. The summed E-state index contributed by atoms with van der Waals surface area (Å²) in [6, 6.07) is 12.4. The minimum Gasteiger partial charge on any atom is -0.484 e. The summed E-state index contributed by atoms with van der Waals surface area (Å²) in [7, 11) is 0. The number of hydrogen-bond acceptors (Lipinski definition) is 3. The van der Waals surface area contributed by atoms with Crippen molar-refractivity contribution >= 4 is 40.5 Å². The van der Waals surface area contributed by atoms with E-state index in [-0.39, 0.29) is 12.3 Å². The van der Waals surface area contributed by atoms with Crippen molar-refractivity contribution in [1.29, 1.82) is 0 Å². The van der Waals surface area contributed by atoms with Gasteiger partial charge in [-0.15, -0.1) is 0 Å². The Kier molecular flexibility index (Phi) is 3.32. The van der Waals surface area contributed by atoms with E-state index in [1.54, 1.807) is 18.2 Å². The van der Waals surface area contributed by atoms with Gasteiger partial charge in [-0.3, -0.25) is 9.59 Å². The molecule has 24 heavy (non-hydrogen) atoms. The van der Waals surface area contributed by atoms with Gasteiger partial charge in [0.1, 0.15) is 11.9 Å². The van der Waals surface area contributed by atoms with Crippen LogP contribution in [0.2, 0.25) is 5.02 Å². The molecule has 4 rings (SSSR count). The highest BCUT2D eigenvalue weighted by atomic mass is 35.5. The first kappa shape index (κ1) is 14.8. The second-order valence-corrected chi connectivity index (χ2v) is 6.08. The Hall–Kier alpha value is -2.79. The lowest BCUT2D eigenvalue weighted by atomic mass is 9.98. The second kappa shape index (κ2) is 5.39. The standard InChI is InChI=1S/C18H12ClNO4/c19-9-5-6-13-12(7-9)16(18(23)20-13)17-11-4-2-1-3-10(11)14(24-17)8-15(21)22/h1-7,14H,8H2,(H,20,23)(H,21,22)/b17-16-. The monoisotopic (exact) mass is 341 g/mol. The van der Waals surface area contributed by atoms with E-state index < -0.39 is 12.1 Å². The first-order chi connectivity index (χ1) is 11.5. The second-order valence-electron chi connectivity index (χ2n) is 5.64. The van der Waals surface area contributed by atoms with E-state index in [2.05, 4.69) is 5.32 Å². The predicted molar refractivity (Wildman–Crippen MR) is 89.4 cm³/mol. The quantitative estimate of drug-likeness (QED) is 0.816. The molecule has 2 aromatic rings. The normalized spacial score (nSPS) is 21.0. The van der Waals surface area contributed by atoms with Gasteiger partial charge in [0.05, 0.1) is 12.0 Å². The number of hydrogen-bond donors (Lipinski definition) is 2. The zero-order valence-electron chi connectivity index (χ0n) is 12.4. The first-order valence-electron chi connectivity index (χ1n) is 7.38. The Morgan fingerprint density at radius 3 is 2.79 bits per heavy atom. The van der Waals surface area contributed by atoms with E-state index in [0.717, 1.165) is 11.1 Å². The van der Waals surface area contributed by atoms with Crippen molar-refractivity contribution in [3.05, 3.63) is 64.2 Å². The number of nitrogens with one attached hydrogen (secondary N) is 1. The van der Waals surface area contributed by atoms with Gasteiger partial charge in [-0.2, -0.15) is 0 Å². The van der Waals surface area contributed by atoms with E-state index in [0.29, 0.717) is 27.6 Å². The molecule has 0 spiro atoms. The van der Waals surface area contributed by atoms with Crippen LogP contribution in [0, 0.1) is 0 Å². The Labute approximate surface area is 142 Å². The first-order valence-corrected chi connectivity index (χ1v) is 7.75.